The van der Waals surface area contributed by atoms with Crippen molar-refractivity contribution < 1.29 is 14.0 Å². The highest BCUT2D eigenvalue weighted by molar-refractivity contribution is 6.70. The molecule has 0 fully saturated rings. The van der Waals surface area contributed by atoms with Gasteiger partial charge in [-0.2, -0.15) is 0 Å². The molecule has 2 rings (SSSR count). The van der Waals surface area contributed by atoms with Crippen molar-refractivity contribution in [3.8, 4) is 0 Å². The molecule has 0 amide bonds. The molecular weight excluding hydrogens is 306 g/mol. The van der Waals surface area contributed by atoms with Gasteiger partial charge in [0.1, 0.15) is 11.3 Å². The molecule has 23 heavy (non-hydrogen) atoms. The van der Waals surface area contributed by atoms with E-state index in [1.807, 2.05) is 50.1 Å². The number of para-hydroxylation sites is 1. The van der Waals surface area contributed by atoms with E-state index in [2.05, 4.69) is 11.6 Å². The van der Waals surface area contributed by atoms with Gasteiger partial charge in [0.2, 0.25) is 8.32 Å². The van der Waals surface area contributed by atoms with Crippen LogP contribution >= 0.6 is 0 Å². The lowest BCUT2D eigenvalue weighted by Crippen LogP contribution is -2.26. The Morgan fingerprint density at radius 2 is 2.00 bits per heavy atom. The fourth-order valence-electron chi connectivity index (χ4n) is 2.26. The van der Waals surface area contributed by atoms with Crippen LogP contribution in [-0.2, 0) is 14.0 Å². The largest absolute Gasteiger partial charge is 0.544 e. The molecule has 1 aromatic carbocycles. The number of hydrogen-bond donors (Lipinski definition) is 1. The molecule has 0 bridgehead atoms. The summed E-state index contributed by atoms with van der Waals surface area (Å²) in [6.45, 7) is 12.2. The highest BCUT2D eigenvalue weighted by Gasteiger charge is 2.23. The lowest BCUT2D eigenvalue weighted by molar-refractivity contribution is -0.138. The lowest BCUT2D eigenvalue weighted by Gasteiger charge is -2.22. The standard InChI is InChI=1S/C18H23NO3Si/c1-6-21-18(20)16(13(2)22-23(3,4)5)11-14-12-19-17-10-8-7-9-15(14)17/h7-12,19H,2,6H2,1,3-5H3/b16-11-. The summed E-state index contributed by atoms with van der Waals surface area (Å²) in [5.41, 5.74) is 2.28. The number of benzene rings is 1. The van der Waals surface area contributed by atoms with Crippen LogP contribution in [0.15, 0.2) is 48.4 Å². The number of rotatable bonds is 6. The number of hydrogen-bond acceptors (Lipinski definition) is 3. The van der Waals surface area contributed by atoms with E-state index in [0.29, 0.717) is 17.9 Å². The Bertz CT molecular complexity index is 753. The fourth-order valence-corrected chi connectivity index (χ4v) is 3.10. The molecule has 4 nitrogen and oxygen atoms in total. The van der Waals surface area contributed by atoms with Gasteiger partial charge in [-0.05, 0) is 38.7 Å². The van der Waals surface area contributed by atoms with E-state index >= 15 is 0 Å². The van der Waals surface area contributed by atoms with Gasteiger partial charge in [-0.15, -0.1) is 0 Å². The summed E-state index contributed by atoms with van der Waals surface area (Å²) in [5.74, 6) is -0.0473. The fraction of sp³-hybridized carbons (Fsp3) is 0.278. The van der Waals surface area contributed by atoms with Crippen molar-refractivity contribution in [2.24, 2.45) is 0 Å². The first-order valence-electron chi connectivity index (χ1n) is 7.65. The molecule has 5 heteroatoms. The SMILES string of the molecule is C=C(O[Si](C)(C)C)/C(=C/c1c[nH]c2ccccc12)C(=O)OCC. The predicted octanol–water partition coefficient (Wildman–Crippen LogP) is 4.48. The molecule has 0 aliphatic carbocycles. The van der Waals surface area contributed by atoms with E-state index in [0.717, 1.165) is 16.5 Å². The number of ether oxygens (including phenoxy) is 1. The molecule has 122 valence electrons. The Morgan fingerprint density at radius 3 is 2.65 bits per heavy atom. The summed E-state index contributed by atoms with van der Waals surface area (Å²) in [4.78, 5) is 15.5. The lowest BCUT2D eigenvalue weighted by atomic mass is 10.1. The summed E-state index contributed by atoms with van der Waals surface area (Å²) in [7, 11) is -1.86. The maximum absolute atomic E-state index is 12.3. The van der Waals surface area contributed by atoms with Crippen LogP contribution in [0.1, 0.15) is 12.5 Å². The first-order valence-corrected chi connectivity index (χ1v) is 11.1. The molecule has 0 unspecified atom stereocenters. The number of esters is 1. The Balaban J connectivity index is 2.44. The van der Waals surface area contributed by atoms with E-state index in [4.69, 9.17) is 9.16 Å². The minimum atomic E-state index is -1.86. The third kappa shape index (κ3) is 4.36. The molecule has 0 atom stereocenters. The highest BCUT2D eigenvalue weighted by atomic mass is 28.4. The molecule has 0 spiro atoms. The number of carbonyl (C=O) groups excluding carboxylic acids is 1. The van der Waals surface area contributed by atoms with Crippen LogP contribution < -0.4 is 0 Å². The first kappa shape index (κ1) is 17.1. The van der Waals surface area contributed by atoms with E-state index in [9.17, 15) is 4.79 Å². The molecule has 1 aromatic heterocycles. The van der Waals surface area contributed by atoms with Crippen LogP contribution in [0.3, 0.4) is 0 Å². The van der Waals surface area contributed by atoms with Gasteiger partial charge in [0.05, 0.1) is 6.61 Å². The molecule has 1 heterocycles. The normalized spacial score (nSPS) is 12.3. The molecule has 0 aliphatic rings. The van der Waals surface area contributed by atoms with Gasteiger partial charge in [-0.3, -0.25) is 0 Å². The van der Waals surface area contributed by atoms with Gasteiger partial charge in [0.15, 0.2) is 0 Å². The Labute approximate surface area is 137 Å². The second kappa shape index (κ2) is 6.87. The van der Waals surface area contributed by atoms with E-state index in [1.54, 1.807) is 13.0 Å². The summed E-state index contributed by atoms with van der Waals surface area (Å²) >= 11 is 0. The summed E-state index contributed by atoms with van der Waals surface area (Å²) in [6.07, 6.45) is 3.64. The van der Waals surface area contributed by atoms with Gasteiger partial charge in [-0.25, -0.2) is 4.79 Å². The van der Waals surface area contributed by atoms with Crippen LogP contribution in [-0.4, -0.2) is 25.9 Å². The highest BCUT2D eigenvalue weighted by Crippen LogP contribution is 2.24. The minimum Gasteiger partial charge on any atom is -0.544 e. The Hall–Kier alpha value is -2.27. The van der Waals surface area contributed by atoms with E-state index in [1.165, 1.54) is 0 Å². The zero-order valence-corrected chi connectivity index (χ0v) is 15.1. The van der Waals surface area contributed by atoms with Crippen LogP contribution in [0.4, 0.5) is 0 Å². The Kier molecular flexibility index (Phi) is 5.11. The number of aromatic nitrogens is 1. The number of carbonyl (C=O) groups is 1. The van der Waals surface area contributed by atoms with Gasteiger partial charge >= 0.3 is 5.97 Å². The first-order chi connectivity index (χ1) is 10.8. The molecule has 0 aliphatic heterocycles. The summed E-state index contributed by atoms with van der Waals surface area (Å²) in [6, 6.07) is 7.92. The molecular formula is C18H23NO3Si. The van der Waals surface area contributed by atoms with Crippen molar-refractivity contribution in [3.63, 3.8) is 0 Å². The quantitative estimate of drug-likeness (QED) is 0.279. The molecule has 0 saturated carbocycles. The number of H-pyrrole nitrogens is 1. The van der Waals surface area contributed by atoms with Crippen molar-refractivity contribution in [3.05, 3.63) is 53.9 Å². The second-order valence-electron chi connectivity index (χ2n) is 6.21. The van der Waals surface area contributed by atoms with Gasteiger partial charge in [-0.1, -0.05) is 24.8 Å². The number of nitrogens with one attached hydrogen (secondary N) is 1. The molecule has 2 aromatic rings. The third-order valence-corrected chi connectivity index (χ3v) is 4.00. The van der Waals surface area contributed by atoms with Gasteiger partial charge < -0.3 is 14.1 Å². The zero-order chi connectivity index (χ0) is 17.0. The van der Waals surface area contributed by atoms with Crippen molar-refractivity contribution in [1.29, 1.82) is 0 Å². The van der Waals surface area contributed by atoms with Crippen LogP contribution in [0.5, 0.6) is 0 Å². The topological polar surface area (TPSA) is 51.3 Å². The molecule has 1 N–H and O–H groups in total. The van der Waals surface area contributed by atoms with Crippen molar-refractivity contribution in [2.45, 2.75) is 26.6 Å². The van der Waals surface area contributed by atoms with Crippen molar-refractivity contribution in [2.75, 3.05) is 6.61 Å². The third-order valence-electron chi connectivity index (χ3n) is 3.15. The average Bonchev–Trinajstić information content (AvgIpc) is 2.86. The molecule has 0 radical (unpaired) electrons. The van der Waals surface area contributed by atoms with Gasteiger partial charge in [0, 0.05) is 22.7 Å². The maximum Gasteiger partial charge on any atom is 0.341 e. The van der Waals surface area contributed by atoms with Crippen molar-refractivity contribution >= 4 is 31.3 Å². The summed E-state index contributed by atoms with van der Waals surface area (Å²) in [5, 5.41) is 1.04. The monoisotopic (exact) mass is 329 g/mol. The van der Waals surface area contributed by atoms with Crippen LogP contribution in [0.25, 0.3) is 17.0 Å². The van der Waals surface area contributed by atoms with E-state index in [-0.39, 0.29) is 0 Å². The van der Waals surface area contributed by atoms with Crippen LogP contribution in [0, 0.1) is 0 Å². The molecule has 0 saturated heterocycles. The van der Waals surface area contributed by atoms with Crippen LogP contribution in [0.2, 0.25) is 19.6 Å². The predicted molar refractivity (Wildman–Crippen MR) is 96.5 cm³/mol. The number of aromatic amines is 1. The summed E-state index contributed by atoms with van der Waals surface area (Å²) < 4.78 is 11.1. The number of fused-ring (bicyclic) bond motifs is 1. The zero-order valence-electron chi connectivity index (χ0n) is 14.1. The Morgan fingerprint density at radius 1 is 1.30 bits per heavy atom. The maximum atomic E-state index is 12.3. The minimum absolute atomic E-state index is 0.310. The van der Waals surface area contributed by atoms with Gasteiger partial charge in [0.25, 0.3) is 0 Å². The van der Waals surface area contributed by atoms with Crippen molar-refractivity contribution in [1.82, 2.24) is 4.98 Å². The average molecular weight is 329 g/mol. The van der Waals surface area contributed by atoms with E-state index < -0.39 is 14.3 Å². The second-order valence-corrected chi connectivity index (χ2v) is 10.6. The smallest absolute Gasteiger partial charge is 0.341 e.